The molecule has 9 heteroatoms. The molecule has 3 aromatic carbocycles. The summed E-state index contributed by atoms with van der Waals surface area (Å²) in [5.74, 6) is -0.925. The number of halogens is 2. The predicted molar refractivity (Wildman–Crippen MR) is 144 cm³/mol. The molecule has 0 saturated heterocycles. The topological polar surface area (TPSA) is 69.7 Å². The van der Waals surface area contributed by atoms with E-state index in [0.29, 0.717) is 16.3 Å². The van der Waals surface area contributed by atoms with Crippen molar-refractivity contribution in [2.24, 2.45) is 5.92 Å². The number of nitrogens with zero attached hydrogens (tertiary/aromatic N) is 2. The smallest absolute Gasteiger partial charge is 0.255 e. The Morgan fingerprint density at radius 1 is 1.00 bits per heavy atom. The van der Waals surface area contributed by atoms with E-state index < -0.39 is 21.7 Å². The zero-order valence-corrected chi connectivity index (χ0v) is 22.6. The molecule has 0 fully saturated rings. The number of carbonyl (C=O) groups is 1. The summed E-state index contributed by atoms with van der Waals surface area (Å²) in [6, 6.07) is 16.6. The Labute approximate surface area is 217 Å². The minimum absolute atomic E-state index is 0.0395. The van der Waals surface area contributed by atoms with Crippen molar-refractivity contribution in [3.05, 3.63) is 88.7 Å². The van der Waals surface area contributed by atoms with Gasteiger partial charge in [-0.2, -0.15) is 4.31 Å². The molecular formula is C27H31ClFN3O3S. The summed E-state index contributed by atoms with van der Waals surface area (Å²) >= 11 is 6.10. The summed E-state index contributed by atoms with van der Waals surface area (Å²) in [6.45, 7) is 5.88. The minimum Gasteiger partial charge on any atom is -0.377 e. The van der Waals surface area contributed by atoms with E-state index in [2.05, 4.69) is 5.32 Å². The van der Waals surface area contributed by atoms with Gasteiger partial charge in [-0.05, 0) is 73.0 Å². The molecule has 1 amide bonds. The summed E-state index contributed by atoms with van der Waals surface area (Å²) < 4.78 is 42.5. The molecule has 0 radical (unpaired) electrons. The van der Waals surface area contributed by atoms with Gasteiger partial charge in [0.05, 0.1) is 4.90 Å². The third kappa shape index (κ3) is 6.43. The van der Waals surface area contributed by atoms with Crippen LogP contribution in [-0.2, 0) is 16.6 Å². The van der Waals surface area contributed by atoms with Crippen molar-refractivity contribution in [3.63, 3.8) is 0 Å². The molecule has 36 heavy (non-hydrogen) atoms. The van der Waals surface area contributed by atoms with Crippen LogP contribution in [0.3, 0.4) is 0 Å². The first kappa shape index (κ1) is 27.6. The molecule has 192 valence electrons. The Balaban J connectivity index is 2.02. The Morgan fingerprint density at radius 3 is 2.31 bits per heavy atom. The van der Waals surface area contributed by atoms with Crippen LogP contribution in [-0.4, -0.2) is 38.8 Å². The number of amides is 1. The van der Waals surface area contributed by atoms with E-state index in [0.717, 1.165) is 11.8 Å². The second-order valence-electron chi connectivity index (χ2n) is 9.19. The lowest BCUT2D eigenvalue weighted by Gasteiger charge is -2.32. The van der Waals surface area contributed by atoms with Gasteiger partial charge in [0, 0.05) is 48.6 Å². The van der Waals surface area contributed by atoms with E-state index >= 15 is 0 Å². The first-order valence-electron chi connectivity index (χ1n) is 11.5. The van der Waals surface area contributed by atoms with Crippen LogP contribution in [0.4, 0.5) is 15.8 Å². The van der Waals surface area contributed by atoms with Gasteiger partial charge in [-0.25, -0.2) is 12.8 Å². The monoisotopic (exact) mass is 531 g/mol. The van der Waals surface area contributed by atoms with Crippen molar-refractivity contribution in [3.8, 4) is 0 Å². The van der Waals surface area contributed by atoms with Gasteiger partial charge >= 0.3 is 0 Å². The average molecular weight is 532 g/mol. The highest BCUT2D eigenvalue weighted by Crippen LogP contribution is 2.30. The molecule has 0 aromatic heterocycles. The molecule has 0 unspecified atom stereocenters. The highest BCUT2D eigenvalue weighted by Gasteiger charge is 2.32. The SMILES string of the molecule is CC(C)[C@@H](C)N(Cc1cc(NC(=O)c2cccc(F)c2)ccc1N(C)C)S(=O)(=O)c1cccc(Cl)c1. The molecule has 0 bridgehead atoms. The number of hydrogen-bond acceptors (Lipinski definition) is 4. The zero-order chi connectivity index (χ0) is 26.6. The second kappa shape index (κ2) is 11.4. The van der Waals surface area contributed by atoms with Crippen LogP contribution in [0.25, 0.3) is 0 Å². The summed E-state index contributed by atoms with van der Waals surface area (Å²) in [6.07, 6.45) is 0. The quantitative estimate of drug-likeness (QED) is 0.366. The van der Waals surface area contributed by atoms with Crippen LogP contribution in [0.15, 0.2) is 71.6 Å². The fraction of sp³-hybridized carbons (Fsp3) is 0.296. The minimum atomic E-state index is -3.89. The Hall–Kier alpha value is -2.94. The second-order valence-corrected chi connectivity index (χ2v) is 11.5. The molecule has 0 aliphatic heterocycles. The summed E-state index contributed by atoms with van der Waals surface area (Å²) in [5.41, 5.74) is 2.17. The van der Waals surface area contributed by atoms with Gasteiger partial charge in [0.2, 0.25) is 10.0 Å². The molecule has 0 saturated carbocycles. The molecule has 0 spiro atoms. The van der Waals surface area contributed by atoms with Crippen LogP contribution in [0.1, 0.15) is 36.7 Å². The molecular weight excluding hydrogens is 501 g/mol. The zero-order valence-electron chi connectivity index (χ0n) is 21.0. The van der Waals surface area contributed by atoms with Gasteiger partial charge in [-0.1, -0.05) is 37.6 Å². The van der Waals surface area contributed by atoms with Crippen molar-refractivity contribution >= 4 is 38.9 Å². The lowest BCUT2D eigenvalue weighted by molar-refractivity contribution is 0.102. The molecule has 1 N–H and O–H groups in total. The largest absolute Gasteiger partial charge is 0.377 e. The first-order valence-corrected chi connectivity index (χ1v) is 13.4. The Kier molecular flexibility index (Phi) is 8.76. The van der Waals surface area contributed by atoms with Gasteiger partial charge in [0.25, 0.3) is 5.91 Å². The van der Waals surface area contributed by atoms with Crippen molar-refractivity contribution in [2.75, 3.05) is 24.3 Å². The normalized spacial score (nSPS) is 12.6. The van der Waals surface area contributed by atoms with Crippen molar-refractivity contribution in [1.29, 1.82) is 0 Å². The maximum absolute atomic E-state index is 13.7. The van der Waals surface area contributed by atoms with E-state index in [1.165, 1.54) is 34.6 Å². The number of sulfonamides is 1. The first-order chi connectivity index (χ1) is 16.9. The maximum Gasteiger partial charge on any atom is 0.255 e. The van der Waals surface area contributed by atoms with Gasteiger partial charge < -0.3 is 10.2 Å². The number of hydrogen-bond donors (Lipinski definition) is 1. The predicted octanol–water partition coefficient (Wildman–Crippen LogP) is 6.03. The van der Waals surface area contributed by atoms with Crippen molar-refractivity contribution < 1.29 is 17.6 Å². The van der Waals surface area contributed by atoms with Crippen LogP contribution < -0.4 is 10.2 Å². The van der Waals surface area contributed by atoms with Crippen LogP contribution >= 0.6 is 11.6 Å². The van der Waals surface area contributed by atoms with Crippen molar-refractivity contribution in [1.82, 2.24) is 4.31 Å². The lowest BCUT2D eigenvalue weighted by Crippen LogP contribution is -2.41. The number of nitrogens with one attached hydrogen (secondary N) is 1. The van der Waals surface area contributed by atoms with E-state index in [9.17, 15) is 17.6 Å². The van der Waals surface area contributed by atoms with E-state index in [1.807, 2.05) is 45.8 Å². The van der Waals surface area contributed by atoms with E-state index in [1.54, 1.807) is 24.3 Å². The summed E-state index contributed by atoms with van der Waals surface area (Å²) in [4.78, 5) is 14.7. The number of carbonyl (C=O) groups excluding carboxylic acids is 1. The van der Waals surface area contributed by atoms with E-state index in [-0.39, 0.29) is 29.0 Å². The summed E-state index contributed by atoms with van der Waals surface area (Å²) in [5, 5.41) is 3.12. The maximum atomic E-state index is 13.7. The van der Waals surface area contributed by atoms with E-state index in [4.69, 9.17) is 11.6 Å². The highest BCUT2D eigenvalue weighted by atomic mass is 35.5. The van der Waals surface area contributed by atoms with Crippen molar-refractivity contribution in [2.45, 2.75) is 38.3 Å². The fourth-order valence-electron chi connectivity index (χ4n) is 3.77. The van der Waals surface area contributed by atoms with Gasteiger partial charge in [0.15, 0.2) is 0 Å². The number of anilines is 2. The number of benzene rings is 3. The van der Waals surface area contributed by atoms with Crippen LogP contribution in [0, 0.1) is 11.7 Å². The molecule has 1 atom stereocenters. The van der Waals surface area contributed by atoms with Crippen LogP contribution in [0.5, 0.6) is 0 Å². The third-order valence-corrected chi connectivity index (χ3v) is 8.22. The molecule has 3 rings (SSSR count). The van der Waals surface area contributed by atoms with Gasteiger partial charge in [0.1, 0.15) is 5.82 Å². The third-order valence-electron chi connectivity index (χ3n) is 6.05. The molecule has 0 heterocycles. The molecule has 6 nitrogen and oxygen atoms in total. The Bertz CT molecular complexity index is 1350. The molecule has 3 aromatic rings. The lowest BCUT2D eigenvalue weighted by atomic mass is 10.1. The standard InChI is InChI=1S/C27H31ClFN3O3S/c1-18(2)19(3)32(36(34,35)25-11-7-9-22(28)16-25)17-21-15-24(12-13-26(21)31(4)5)30-27(33)20-8-6-10-23(29)14-20/h6-16,18-19H,17H2,1-5H3,(H,30,33)/t19-/m1/s1. The average Bonchev–Trinajstić information content (AvgIpc) is 2.81. The number of rotatable bonds is 9. The fourth-order valence-corrected chi connectivity index (χ4v) is 5.81. The molecule has 0 aliphatic carbocycles. The summed E-state index contributed by atoms with van der Waals surface area (Å²) in [7, 11) is -0.158. The van der Waals surface area contributed by atoms with Crippen LogP contribution in [0.2, 0.25) is 5.02 Å². The molecule has 0 aliphatic rings. The highest BCUT2D eigenvalue weighted by molar-refractivity contribution is 7.89. The van der Waals surface area contributed by atoms with Gasteiger partial charge in [-0.3, -0.25) is 4.79 Å². The Morgan fingerprint density at radius 2 is 1.69 bits per heavy atom. The van der Waals surface area contributed by atoms with Gasteiger partial charge in [-0.15, -0.1) is 0 Å².